The number of nitrogens with zero attached hydrogens (tertiary/aromatic N) is 2. The lowest BCUT2D eigenvalue weighted by Crippen LogP contribution is -2.24. The van der Waals surface area contributed by atoms with Crippen LogP contribution in [0.4, 0.5) is 5.95 Å². The smallest absolute Gasteiger partial charge is 0.341 e. The van der Waals surface area contributed by atoms with Gasteiger partial charge in [0, 0.05) is 20.4 Å². The van der Waals surface area contributed by atoms with Gasteiger partial charge < -0.3 is 19.5 Å². The monoisotopic (exact) mass is 269 g/mol. The molecule has 0 fully saturated rings. The molecule has 0 atom stereocenters. The van der Waals surface area contributed by atoms with Crippen LogP contribution >= 0.6 is 0 Å². The van der Waals surface area contributed by atoms with E-state index in [0.29, 0.717) is 30.4 Å². The fourth-order valence-electron chi connectivity index (χ4n) is 1.40. The Morgan fingerprint density at radius 1 is 1.42 bits per heavy atom. The van der Waals surface area contributed by atoms with Crippen molar-refractivity contribution >= 4 is 11.9 Å². The molecule has 0 amide bonds. The summed E-state index contributed by atoms with van der Waals surface area (Å²) in [6.07, 6.45) is 1.06. The van der Waals surface area contributed by atoms with E-state index in [0.717, 1.165) is 0 Å². The molecule has 19 heavy (non-hydrogen) atoms. The molecule has 7 nitrogen and oxygen atoms in total. The van der Waals surface area contributed by atoms with Crippen molar-refractivity contribution < 1.29 is 19.0 Å². The average molecular weight is 269 g/mol. The molecular weight excluding hydrogens is 250 g/mol. The number of hydrogen-bond donors (Lipinski definition) is 1. The molecule has 0 unspecified atom stereocenters. The number of methoxy groups -OCH3 is 2. The van der Waals surface area contributed by atoms with Gasteiger partial charge in [0.05, 0.1) is 24.4 Å². The maximum atomic E-state index is 11.6. The van der Waals surface area contributed by atoms with Crippen LogP contribution in [-0.2, 0) is 14.2 Å². The quantitative estimate of drug-likeness (QED) is 0.584. The van der Waals surface area contributed by atoms with E-state index in [1.807, 2.05) is 0 Å². The standard InChI is InChI=1S/C12H19N3O4/c1-5-19-11(16)9-6-13-12(15-8(9)2)14-7-10(17-3)18-4/h6,10H,5,7H2,1-4H3,(H,13,14,15). The van der Waals surface area contributed by atoms with Gasteiger partial charge in [0.25, 0.3) is 0 Å². The second-order valence-electron chi connectivity index (χ2n) is 3.70. The van der Waals surface area contributed by atoms with Crippen LogP contribution in [-0.4, -0.2) is 49.6 Å². The number of nitrogens with one attached hydrogen (secondary N) is 1. The minimum atomic E-state index is -0.418. The third-order valence-corrected chi connectivity index (χ3v) is 2.43. The Morgan fingerprint density at radius 2 is 2.11 bits per heavy atom. The first kappa shape index (κ1) is 15.3. The van der Waals surface area contributed by atoms with Crippen LogP contribution < -0.4 is 5.32 Å². The molecule has 0 aliphatic carbocycles. The highest BCUT2D eigenvalue weighted by Gasteiger charge is 2.13. The molecule has 0 bridgehead atoms. The maximum Gasteiger partial charge on any atom is 0.341 e. The van der Waals surface area contributed by atoms with Crippen LogP contribution in [0.2, 0.25) is 0 Å². The first-order valence-corrected chi connectivity index (χ1v) is 5.92. The molecule has 0 saturated carbocycles. The number of hydrogen-bond acceptors (Lipinski definition) is 7. The third kappa shape index (κ3) is 4.46. The van der Waals surface area contributed by atoms with Crippen LogP contribution in [0.3, 0.4) is 0 Å². The molecule has 0 saturated heterocycles. The molecule has 1 rings (SSSR count). The fourth-order valence-corrected chi connectivity index (χ4v) is 1.40. The van der Waals surface area contributed by atoms with E-state index in [9.17, 15) is 4.79 Å². The van der Waals surface area contributed by atoms with Gasteiger partial charge in [-0.2, -0.15) is 0 Å². The Morgan fingerprint density at radius 3 is 2.63 bits per heavy atom. The fraction of sp³-hybridized carbons (Fsp3) is 0.583. The highest BCUT2D eigenvalue weighted by atomic mass is 16.7. The molecule has 7 heteroatoms. The highest BCUT2D eigenvalue weighted by molar-refractivity contribution is 5.90. The van der Waals surface area contributed by atoms with Crippen LogP contribution in [0.1, 0.15) is 23.0 Å². The first-order chi connectivity index (χ1) is 9.12. The Bertz CT molecular complexity index is 421. The molecule has 0 aliphatic rings. The Kier molecular flexibility index (Phi) is 6.17. The molecule has 1 aromatic rings. The number of ether oxygens (including phenoxy) is 3. The number of rotatable bonds is 7. The normalized spacial score (nSPS) is 10.6. The van der Waals surface area contributed by atoms with E-state index in [4.69, 9.17) is 14.2 Å². The van der Waals surface area contributed by atoms with E-state index >= 15 is 0 Å². The summed E-state index contributed by atoms with van der Waals surface area (Å²) in [5, 5.41) is 2.96. The minimum absolute atomic E-state index is 0.321. The Balaban J connectivity index is 2.68. The van der Waals surface area contributed by atoms with Crippen molar-refractivity contribution in [1.29, 1.82) is 0 Å². The number of esters is 1. The lowest BCUT2D eigenvalue weighted by molar-refractivity contribution is -0.0914. The van der Waals surface area contributed by atoms with Crippen LogP contribution in [0.5, 0.6) is 0 Å². The summed E-state index contributed by atoms with van der Waals surface area (Å²) in [6, 6.07) is 0. The van der Waals surface area contributed by atoms with E-state index in [-0.39, 0.29) is 6.29 Å². The molecule has 106 valence electrons. The number of carbonyl (C=O) groups excluding carboxylic acids is 1. The molecule has 1 N–H and O–H groups in total. The number of anilines is 1. The van der Waals surface area contributed by atoms with Crippen molar-refractivity contribution in [2.45, 2.75) is 20.1 Å². The summed E-state index contributed by atoms with van der Waals surface area (Å²) in [6.45, 7) is 4.20. The van der Waals surface area contributed by atoms with Gasteiger partial charge in [-0.3, -0.25) is 0 Å². The summed E-state index contributed by atoms with van der Waals surface area (Å²) >= 11 is 0. The van der Waals surface area contributed by atoms with Crippen molar-refractivity contribution in [2.24, 2.45) is 0 Å². The van der Waals surface area contributed by atoms with E-state index in [1.165, 1.54) is 6.20 Å². The average Bonchev–Trinajstić information content (AvgIpc) is 2.40. The zero-order valence-corrected chi connectivity index (χ0v) is 11.6. The number of aromatic nitrogens is 2. The minimum Gasteiger partial charge on any atom is -0.462 e. The summed E-state index contributed by atoms with van der Waals surface area (Å²) in [5.41, 5.74) is 0.921. The van der Waals surface area contributed by atoms with Crippen molar-refractivity contribution in [3.05, 3.63) is 17.5 Å². The van der Waals surface area contributed by atoms with Crippen LogP contribution in [0.15, 0.2) is 6.20 Å². The number of carbonyl (C=O) groups is 1. The van der Waals surface area contributed by atoms with E-state index < -0.39 is 5.97 Å². The lowest BCUT2D eigenvalue weighted by Gasteiger charge is -2.14. The molecule has 1 aromatic heterocycles. The summed E-state index contributed by atoms with van der Waals surface area (Å²) in [4.78, 5) is 19.8. The molecule has 0 spiro atoms. The van der Waals surface area contributed by atoms with Crippen LogP contribution in [0, 0.1) is 6.92 Å². The number of aryl methyl sites for hydroxylation is 1. The largest absolute Gasteiger partial charge is 0.462 e. The predicted molar refractivity (Wildman–Crippen MR) is 69.0 cm³/mol. The Labute approximate surface area is 112 Å². The van der Waals surface area contributed by atoms with Gasteiger partial charge >= 0.3 is 5.97 Å². The summed E-state index contributed by atoms with van der Waals surface area (Å²) in [5.74, 6) is -0.0112. The second kappa shape index (κ2) is 7.65. The third-order valence-electron chi connectivity index (χ3n) is 2.43. The van der Waals surface area contributed by atoms with Gasteiger partial charge in [0.15, 0.2) is 6.29 Å². The van der Waals surface area contributed by atoms with Crippen molar-refractivity contribution in [2.75, 3.05) is 32.7 Å². The van der Waals surface area contributed by atoms with E-state index in [2.05, 4.69) is 15.3 Å². The van der Waals surface area contributed by atoms with E-state index in [1.54, 1.807) is 28.1 Å². The van der Waals surface area contributed by atoms with Gasteiger partial charge in [0.2, 0.25) is 5.95 Å². The van der Waals surface area contributed by atoms with Gasteiger partial charge in [-0.25, -0.2) is 14.8 Å². The van der Waals surface area contributed by atoms with Gasteiger partial charge in [-0.05, 0) is 13.8 Å². The molecule has 0 radical (unpaired) electrons. The highest BCUT2D eigenvalue weighted by Crippen LogP contribution is 2.09. The van der Waals surface area contributed by atoms with Crippen molar-refractivity contribution in [1.82, 2.24) is 9.97 Å². The SMILES string of the molecule is CCOC(=O)c1cnc(NCC(OC)OC)nc1C. The predicted octanol–water partition coefficient (Wildman–Crippen LogP) is 0.993. The summed E-state index contributed by atoms with van der Waals surface area (Å²) in [7, 11) is 3.09. The van der Waals surface area contributed by atoms with Crippen molar-refractivity contribution in [3.8, 4) is 0 Å². The zero-order valence-electron chi connectivity index (χ0n) is 11.6. The first-order valence-electron chi connectivity index (χ1n) is 5.92. The summed E-state index contributed by atoms with van der Waals surface area (Å²) < 4.78 is 15.0. The van der Waals surface area contributed by atoms with Gasteiger partial charge in [0.1, 0.15) is 0 Å². The maximum absolute atomic E-state index is 11.6. The topological polar surface area (TPSA) is 82.6 Å². The lowest BCUT2D eigenvalue weighted by atomic mass is 10.2. The van der Waals surface area contributed by atoms with Gasteiger partial charge in [-0.1, -0.05) is 0 Å². The molecule has 0 aromatic carbocycles. The van der Waals surface area contributed by atoms with Crippen molar-refractivity contribution in [3.63, 3.8) is 0 Å². The van der Waals surface area contributed by atoms with Gasteiger partial charge in [-0.15, -0.1) is 0 Å². The second-order valence-corrected chi connectivity index (χ2v) is 3.70. The molecular formula is C12H19N3O4. The molecule has 1 heterocycles. The zero-order chi connectivity index (χ0) is 14.3. The van der Waals surface area contributed by atoms with Crippen LogP contribution in [0.25, 0.3) is 0 Å². The Hall–Kier alpha value is -1.73. The molecule has 0 aliphatic heterocycles.